The molecule has 1 aliphatic heterocycles. The van der Waals surface area contributed by atoms with Gasteiger partial charge in [-0.25, -0.2) is 8.42 Å². The first-order chi connectivity index (χ1) is 11.3. The molecule has 5 nitrogen and oxygen atoms in total. The molecule has 1 aliphatic rings. The first kappa shape index (κ1) is 18.9. The van der Waals surface area contributed by atoms with Crippen molar-refractivity contribution in [2.45, 2.75) is 38.5 Å². The van der Waals surface area contributed by atoms with Crippen molar-refractivity contribution in [2.24, 2.45) is 11.8 Å². The van der Waals surface area contributed by atoms with E-state index in [0.717, 1.165) is 24.2 Å². The van der Waals surface area contributed by atoms with Crippen LogP contribution in [0.4, 0.5) is 0 Å². The average molecular weight is 353 g/mol. The molecule has 2 unspecified atom stereocenters. The SMILES string of the molecule is CC(CC(=O)NCc1ccccc1CS(C)(=O)=O)C1CCCNC1. The van der Waals surface area contributed by atoms with E-state index >= 15 is 0 Å². The summed E-state index contributed by atoms with van der Waals surface area (Å²) in [5.74, 6) is 0.941. The van der Waals surface area contributed by atoms with Crippen molar-refractivity contribution in [3.63, 3.8) is 0 Å². The van der Waals surface area contributed by atoms with E-state index in [1.807, 2.05) is 18.2 Å². The molecule has 1 aromatic rings. The minimum Gasteiger partial charge on any atom is -0.352 e. The summed E-state index contributed by atoms with van der Waals surface area (Å²) in [6.45, 7) is 4.58. The number of piperidine rings is 1. The molecule has 1 saturated heterocycles. The molecule has 0 spiro atoms. The van der Waals surface area contributed by atoms with Gasteiger partial charge in [0.05, 0.1) is 5.75 Å². The van der Waals surface area contributed by atoms with Gasteiger partial charge in [-0.1, -0.05) is 31.2 Å². The van der Waals surface area contributed by atoms with Gasteiger partial charge in [-0.15, -0.1) is 0 Å². The second-order valence-corrected chi connectivity index (χ2v) is 9.04. The van der Waals surface area contributed by atoms with Crippen molar-refractivity contribution in [1.29, 1.82) is 0 Å². The van der Waals surface area contributed by atoms with Crippen LogP contribution in [0.1, 0.15) is 37.3 Å². The minimum atomic E-state index is -3.09. The Bertz CT molecular complexity index is 652. The van der Waals surface area contributed by atoms with Gasteiger partial charge < -0.3 is 10.6 Å². The molecule has 1 aromatic carbocycles. The largest absolute Gasteiger partial charge is 0.352 e. The zero-order valence-electron chi connectivity index (χ0n) is 14.5. The Kier molecular flexibility index (Phi) is 6.80. The topological polar surface area (TPSA) is 75.3 Å². The molecule has 1 heterocycles. The number of amides is 1. The fourth-order valence-electron chi connectivity index (χ4n) is 3.24. The Hall–Kier alpha value is -1.40. The van der Waals surface area contributed by atoms with Crippen molar-refractivity contribution < 1.29 is 13.2 Å². The Morgan fingerprint density at radius 1 is 1.33 bits per heavy atom. The van der Waals surface area contributed by atoms with Crippen molar-refractivity contribution in [3.05, 3.63) is 35.4 Å². The van der Waals surface area contributed by atoms with Gasteiger partial charge in [0.15, 0.2) is 9.84 Å². The smallest absolute Gasteiger partial charge is 0.220 e. The standard InChI is InChI=1S/C18H28N2O3S/c1-14(15-8-5-9-19-11-15)10-18(21)20-12-16-6-3-4-7-17(16)13-24(2,22)23/h3-4,6-7,14-15,19H,5,8-13H2,1-2H3,(H,20,21). The molecule has 6 heteroatoms. The fraction of sp³-hybridized carbons (Fsp3) is 0.611. The van der Waals surface area contributed by atoms with Crippen LogP contribution in [0.3, 0.4) is 0 Å². The Balaban J connectivity index is 1.87. The maximum atomic E-state index is 12.2. The molecule has 2 rings (SSSR count). The van der Waals surface area contributed by atoms with Gasteiger partial charge in [-0.3, -0.25) is 4.79 Å². The summed E-state index contributed by atoms with van der Waals surface area (Å²) in [6.07, 6.45) is 4.09. The number of benzene rings is 1. The highest BCUT2D eigenvalue weighted by Gasteiger charge is 2.22. The molecule has 0 aliphatic carbocycles. The van der Waals surface area contributed by atoms with Gasteiger partial charge in [0, 0.05) is 19.2 Å². The molecule has 2 N–H and O–H groups in total. The maximum Gasteiger partial charge on any atom is 0.220 e. The number of carbonyl (C=O) groups is 1. The summed E-state index contributed by atoms with van der Waals surface area (Å²) in [7, 11) is -3.09. The first-order valence-corrected chi connectivity index (χ1v) is 10.6. The van der Waals surface area contributed by atoms with E-state index < -0.39 is 9.84 Å². The lowest BCUT2D eigenvalue weighted by molar-refractivity contribution is -0.122. The third kappa shape index (κ3) is 6.24. The van der Waals surface area contributed by atoms with E-state index in [9.17, 15) is 13.2 Å². The molecule has 24 heavy (non-hydrogen) atoms. The van der Waals surface area contributed by atoms with E-state index in [1.165, 1.54) is 19.1 Å². The third-order valence-electron chi connectivity index (χ3n) is 4.66. The van der Waals surface area contributed by atoms with Crippen LogP contribution in [-0.4, -0.2) is 33.7 Å². The van der Waals surface area contributed by atoms with Crippen molar-refractivity contribution in [1.82, 2.24) is 10.6 Å². The predicted octanol–water partition coefficient (Wildman–Crippen LogP) is 1.87. The summed E-state index contributed by atoms with van der Waals surface area (Å²) in [5, 5.41) is 6.33. The number of hydrogen-bond acceptors (Lipinski definition) is 4. The van der Waals surface area contributed by atoms with Gasteiger partial charge in [-0.2, -0.15) is 0 Å². The molecular formula is C18H28N2O3S. The van der Waals surface area contributed by atoms with Gasteiger partial charge in [0.25, 0.3) is 0 Å². The van der Waals surface area contributed by atoms with Crippen LogP contribution in [-0.2, 0) is 26.9 Å². The summed E-state index contributed by atoms with van der Waals surface area (Å²) in [4.78, 5) is 12.2. The maximum absolute atomic E-state index is 12.2. The molecule has 1 amide bonds. The highest BCUT2D eigenvalue weighted by Crippen LogP contribution is 2.22. The number of hydrogen-bond donors (Lipinski definition) is 2. The molecule has 0 saturated carbocycles. The van der Waals surface area contributed by atoms with Crippen LogP contribution in [0, 0.1) is 11.8 Å². The lowest BCUT2D eigenvalue weighted by Gasteiger charge is -2.28. The number of rotatable bonds is 7. The van der Waals surface area contributed by atoms with Crippen LogP contribution in [0.5, 0.6) is 0 Å². The molecule has 134 valence electrons. The average Bonchev–Trinajstić information content (AvgIpc) is 2.53. The van der Waals surface area contributed by atoms with Crippen molar-refractivity contribution >= 4 is 15.7 Å². The monoisotopic (exact) mass is 352 g/mol. The Morgan fingerprint density at radius 3 is 2.67 bits per heavy atom. The quantitative estimate of drug-likeness (QED) is 0.786. The van der Waals surface area contributed by atoms with E-state index in [2.05, 4.69) is 17.6 Å². The fourth-order valence-corrected chi connectivity index (χ4v) is 4.09. The van der Waals surface area contributed by atoms with Gasteiger partial charge >= 0.3 is 0 Å². The Labute approximate surface area is 145 Å². The van der Waals surface area contributed by atoms with Crippen LogP contribution >= 0.6 is 0 Å². The molecule has 0 bridgehead atoms. The van der Waals surface area contributed by atoms with Crippen LogP contribution in [0.2, 0.25) is 0 Å². The normalized spacial score (nSPS) is 19.7. The minimum absolute atomic E-state index is 0.00316. The van der Waals surface area contributed by atoms with E-state index in [-0.39, 0.29) is 11.7 Å². The van der Waals surface area contributed by atoms with Gasteiger partial charge in [0.1, 0.15) is 0 Å². The highest BCUT2D eigenvalue weighted by atomic mass is 32.2. The number of nitrogens with one attached hydrogen (secondary N) is 2. The second-order valence-electron chi connectivity index (χ2n) is 6.90. The predicted molar refractivity (Wildman–Crippen MR) is 96.2 cm³/mol. The highest BCUT2D eigenvalue weighted by molar-refractivity contribution is 7.89. The molecule has 1 fully saturated rings. The lowest BCUT2D eigenvalue weighted by atomic mass is 9.85. The van der Waals surface area contributed by atoms with Crippen LogP contribution < -0.4 is 10.6 Å². The second kappa shape index (κ2) is 8.62. The molecule has 0 aromatic heterocycles. The summed E-state index contributed by atoms with van der Waals surface area (Å²) >= 11 is 0. The molecule has 0 radical (unpaired) electrons. The van der Waals surface area contributed by atoms with Crippen molar-refractivity contribution in [2.75, 3.05) is 19.3 Å². The Morgan fingerprint density at radius 2 is 2.04 bits per heavy atom. The first-order valence-electron chi connectivity index (χ1n) is 8.57. The van der Waals surface area contributed by atoms with Gasteiger partial charge in [-0.05, 0) is 48.9 Å². The zero-order valence-corrected chi connectivity index (χ0v) is 15.4. The van der Waals surface area contributed by atoms with E-state index in [4.69, 9.17) is 0 Å². The van der Waals surface area contributed by atoms with E-state index in [0.29, 0.717) is 24.8 Å². The van der Waals surface area contributed by atoms with E-state index in [1.54, 1.807) is 6.07 Å². The zero-order chi connectivity index (χ0) is 17.6. The number of sulfone groups is 1. The summed E-state index contributed by atoms with van der Waals surface area (Å²) in [5.41, 5.74) is 1.62. The van der Waals surface area contributed by atoms with Crippen LogP contribution in [0.25, 0.3) is 0 Å². The number of carbonyl (C=O) groups excluding carboxylic acids is 1. The molecule has 2 atom stereocenters. The van der Waals surface area contributed by atoms with Crippen molar-refractivity contribution in [3.8, 4) is 0 Å². The summed E-state index contributed by atoms with van der Waals surface area (Å²) < 4.78 is 23.0. The summed E-state index contributed by atoms with van der Waals surface area (Å²) in [6, 6.07) is 7.36. The lowest BCUT2D eigenvalue weighted by Crippen LogP contribution is -2.35. The molecular weight excluding hydrogens is 324 g/mol. The van der Waals surface area contributed by atoms with Crippen LogP contribution in [0.15, 0.2) is 24.3 Å². The van der Waals surface area contributed by atoms with Gasteiger partial charge in [0.2, 0.25) is 5.91 Å². The third-order valence-corrected chi connectivity index (χ3v) is 5.49.